The molecule has 2 aromatic rings. The van der Waals surface area contributed by atoms with E-state index in [-0.39, 0.29) is 17.2 Å². The fourth-order valence-corrected chi connectivity index (χ4v) is 3.76. The number of aliphatic imine (C=N–C) groups is 1. The van der Waals surface area contributed by atoms with Crippen LogP contribution in [0.4, 0.5) is 5.69 Å². The van der Waals surface area contributed by atoms with Crippen molar-refractivity contribution in [3.05, 3.63) is 58.5 Å². The van der Waals surface area contributed by atoms with Gasteiger partial charge in [-0.25, -0.2) is 9.79 Å². The number of amidine groups is 1. The summed E-state index contributed by atoms with van der Waals surface area (Å²) in [6, 6.07) is 11.1. The van der Waals surface area contributed by atoms with E-state index in [9.17, 15) is 14.7 Å². The van der Waals surface area contributed by atoms with Gasteiger partial charge in [0.1, 0.15) is 0 Å². The maximum atomic E-state index is 12.8. The summed E-state index contributed by atoms with van der Waals surface area (Å²) < 4.78 is 5.39. The fourth-order valence-electron chi connectivity index (χ4n) is 2.70. The number of hydrogen-bond donors (Lipinski definition) is 2. The quantitative estimate of drug-likeness (QED) is 0.693. The molecule has 7 nitrogen and oxygen atoms in total. The van der Waals surface area contributed by atoms with Gasteiger partial charge < -0.3 is 14.9 Å². The molecule has 1 amide bonds. The number of hydrogen-bond acceptors (Lipinski definition) is 6. The molecule has 0 radical (unpaired) electrons. The van der Waals surface area contributed by atoms with Crippen LogP contribution in [0.5, 0.6) is 11.5 Å². The number of carbonyl (C=O) groups excluding carboxylic acids is 1. The van der Waals surface area contributed by atoms with E-state index >= 15 is 0 Å². The van der Waals surface area contributed by atoms with Crippen LogP contribution in [0.25, 0.3) is 6.08 Å². The van der Waals surface area contributed by atoms with Gasteiger partial charge in [-0.2, -0.15) is 0 Å². The van der Waals surface area contributed by atoms with Crippen LogP contribution in [0.15, 0.2) is 52.4 Å². The molecular formula is C21H20N2O5S. The molecule has 1 heterocycles. The largest absolute Gasteiger partial charge is 0.504 e. The van der Waals surface area contributed by atoms with Crippen molar-refractivity contribution < 1.29 is 24.5 Å². The molecule has 0 aliphatic carbocycles. The number of thioether (sulfide) groups is 1. The summed E-state index contributed by atoms with van der Waals surface area (Å²) in [5.74, 6) is -0.765. The van der Waals surface area contributed by atoms with Crippen molar-refractivity contribution in [3.8, 4) is 11.5 Å². The third kappa shape index (κ3) is 4.60. The number of rotatable bonds is 6. The lowest BCUT2D eigenvalue weighted by Crippen LogP contribution is -2.28. The molecule has 1 saturated heterocycles. The lowest BCUT2D eigenvalue weighted by Gasteiger charge is -2.12. The topological polar surface area (TPSA) is 99.4 Å². The van der Waals surface area contributed by atoms with Gasteiger partial charge in [0.05, 0.1) is 22.8 Å². The van der Waals surface area contributed by atoms with Crippen molar-refractivity contribution in [3.63, 3.8) is 0 Å². The summed E-state index contributed by atoms with van der Waals surface area (Å²) in [4.78, 5) is 30.3. The highest BCUT2D eigenvalue weighted by molar-refractivity contribution is 8.18. The maximum absolute atomic E-state index is 12.8. The number of aromatic hydroxyl groups is 1. The number of nitrogens with zero attached hydrogens (tertiary/aromatic N) is 2. The van der Waals surface area contributed by atoms with Crippen LogP contribution in [0.1, 0.15) is 29.8 Å². The fraction of sp³-hybridized carbons (Fsp3) is 0.190. The highest BCUT2D eigenvalue weighted by atomic mass is 32.2. The van der Waals surface area contributed by atoms with Crippen molar-refractivity contribution in [1.29, 1.82) is 0 Å². The van der Waals surface area contributed by atoms with Crippen LogP contribution in [-0.4, -0.2) is 45.3 Å². The molecule has 2 N–H and O–H groups in total. The Kier molecular flexibility index (Phi) is 6.23. The minimum atomic E-state index is -1.00. The first-order valence-electron chi connectivity index (χ1n) is 9.02. The highest BCUT2D eigenvalue weighted by Gasteiger charge is 2.32. The summed E-state index contributed by atoms with van der Waals surface area (Å²) >= 11 is 1.24. The Morgan fingerprint density at radius 3 is 2.55 bits per heavy atom. The van der Waals surface area contributed by atoms with Crippen molar-refractivity contribution >= 4 is 40.6 Å². The molecule has 1 aliphatic rings. The van der Waals surface area contributed by atoms with E-state index in [0.29, 0.717) is 34.7 Å². The monoisotopic (exact) mass is 412 g/mol. The molecule has 1 fully saturated rings. The molecule has 0 saturated carbocycles. The van der Waals surface area contributed by atoms with Gasteiger partial charge in [-0.1, -0.05) is 6.07 Å². The van der Waals surface area contributed by atoms with E-state index in [2.05, 4.69) is 4.99 Å². The highest BCUT2D eigenvalue weighted by Crippen LogP contribution is 2.35. The standard InChI is InChI=1S/C21H20N2O5S/c1-3-23-19(25)18(12-13-5-10-16(24)17(11-13)28-4-2)29-21(23)22-15-8-6-14(7-9-15)20(26)27/h5-12,24H,3-4H2,1-2H3,(H,26,27)/b18-12+,22-21?. The molecule has 3 rings (SSSR count). The van der Waals surface area contributed by atoms with Gasteiger partial charge in [0.15, 0.2) is 16.7 Å². The minimum Gasteiger partial charge on any atom is -0.504 e. The molecule has 8 heteroatoms. The summed E-state index contributed by atoms with van der Waals surface area (Å²) in [5, 5.41) is 19.4. The number of aromatic carboxylic acids is 1. The predicted octanol–water partition coefficient (Wildman–Crippen LogP) is 4.11. The summed E-state index contributed by atoms with van der Waals surface area (Å²) in [6.45, 7) is 4.56. The number of phenolic OH excluding ortho intramolecular Hbond substituents is 1. The molecule has 2 aromatic carbocycles. The maximum Gasteiger partial charge on any atom is 0.335 e. The second-order valence-electron chi connectivity index (χ2n) is 6.07. The summed E-state index contributed by atoms with van der Waals surface area (Å²) in [6.07, 6.45) is 1.73. The van der Waals surface area contributed by atoms with Gasteiger partial charge in [-0.15, -0.1) is 0 Å². The van der Waals surface area contributed by atoms with Crippen LogP contribution in [0.2, 0.25) is 0 Å². The van der Waals surface area contributed by atoms with Gasteiger partial charge in [0.25, 0.3) is 5.91 Å². The SMILES string of the molecule is CCOc1cc(/C=C2/SC(=Nc3ccc(C(=O)O)cc3)N(CC)C2=O)ccc1O. The third-order valence-corrected chi connectivity index (χ3v) is 5.13. The smallest absolute Gasteiger partial charge is 0.335 e. The number of carbonyl (C=O) groups is 2. The Hall–Kier alpha value is -3.26. The van der Waals surface area contributed by atoms with Crippen LogP contribution in [0.3, 0.4) is 0 Å². The molecule has 150 valence electrons. The lowest BCUT2D eigenvalue weighted by atomic mass is 10.2. The third-order valence-electron chi connectivity index (χ3n) is 4.12. The summed E-state index contributed by atoms with van der Waals surface area (Å²) in [5.41, 5.74) is 1.47. The van der Waals surface area contributed by atoms with E-state index in [1.165, 1.54) is 30.0 Å². The van der Waals surface area contributed by atoms with Gasteiger partial charge in [-0.05, 0) is 73.6 Å². The van der Waals surface area contributed by atoms with Crippen LogP contribution < -0.4 is 4.74 Å². The normalized spacial score (nSPS) is 16.6. The number of benzene rings is 2. The van der Waals surface area contributed by atoms with E-state index in [4.69, 9.17) is 9.84 Å². The Labute approximate surface area is 172 Å². The number of carboxylic acid groups (broad SMARTS) is 1. The molecule has 1 aliphatic heterocycles. The average Bonchev–Trinajstić information content (AvgIpc) is 2.99. The van der Waals surface area contributed by atoms with Gasteiger partial charge >= 0.3 is 5.97 Å². The predicted molar refractivity (Wildman–Crippen MR) is 113 cm³/mol. The molecule has 0 aromatic heterocycles. The van der Waals surface area contributed by atoms with E-state index in [1.807, 2.05) is 13.8 Å². The van der Waals surface area contributed by atoms with Crippen LogP contribution in [-0.2, 0) is 4.79 Å². The Morgan fingerprint density at radius 2 is 1.93 bits per heavy atom. The molecular weight excluding hydrogens is 392 g/mol. The van der Waals surface area contributed by atoms with E-state index in [1.54, 1.807) is 35.2 Å². The summed E-state index contributed by atoms with van der Waals surface area (Å²) in [7, 11) is 0. The van der Waals surface area contributed by atoms with Crippen molar-refractivity contribution in [2.24, 2.45) is 4.99 Å². The number of ether oxygens (including phenoxy) is 1. The molecule has 0 unspecified atom stereocenters. The average molecular weight is 412 g/mol. The zero-order valence-corrected chi connectivity index (χ0v) is 16.8. The number of phenols is 1. The Balaban J connectivity index is 1.89. The Bertz CT molecular complexity index is 999. The zero-order chi connectivity index (χ0) is 21.0. The zero-order valence-electron chi connectivity index (χ0n) is 16.0. The van der Waals surface area contributed by atoms with E-state index < -0.39 is 5.97 Å². The molecule has 0 spiro atoms. The number of carboxylic acids is 1. The van der Waals surface area contributed by atoms with Gasteiger partial charge in [0, 0.05) is 6.54 Å². The lowest BCUT2D eigenvalue weighted by molar-refractivity contribution is -0.122. The van der Waals surface area contributed by atoms with Gasteiger partial charge in [-0.3, -0.25) is 9.69 Å². The Morgan fingerprint density at radius 1 is 1.21 bits per heavy atom. The first-order chi connectivity index (χ1) is 13.9. The second-order valence-corrected chi connectivity index (χ2v) is 7.08. The second kappa shape index (κ2) is 8.83. The van der Waals surface area contributed by atoms with Crippen molar-refractivity contribution in [2.75, 3.05) is 13.2 Å². The molecule has 29 heavy (non-hydrogen) atoms. The van der Waals surface area contributed by atoms with E-state index in [0.717, 1.165) is 5.56 Å². The van der Waals surface area contributed by atoms with Crippen LogP contribution >= 0.6 is 11.8 Å². The number of likely N-dealkylation sites (N-methyl/N-ethyl adjacent to an activating group) is 1. The van der Waals surface area contributed by atoms with Crippen molar-refractivity contribution in [2.45, 2.75) is 13.8 Å². The number of amides is 1. The minimum absolute atomic E-state index is 0.0432. The first kappa shape index (κ1) is 20.5. The van der Waals surface area contributed by atoms with Crippen molar-refractivity contribution in [1.82, 2.24) is 4.90 Å². The molecule has 0 bridgehead atoms. The molecule has 0 atom stereocenters. The first-order valence-corrected chi connectivity index (χ1v) is 9.83. The van der Waals surface area contributed by atoms with Gasteiger partial charge in [0.2, 0.25) is 0 Å². The van der Waals surface area contributed by atoms with Crippen LogP contribution in [0, 0.1) is 0 Å².